The van der Waals surface area contributed by atoms with Crippen molar-refractivity contribution in [1.82, 2.24) is 0 Å². The molecule has 6 nitrogen and oxygen atoms in total. The molecule has 0 unspecified atom stereocenters. The summed E-state index contributed by atoms with van der Waals surface area (Å²) in [5, 5.41) is 20.2. The van der Waals surface area contributed by atoms with Crippen LogP contribution in [0.25, 0.3) is 6.08 Å². The minimum atomic E-state index is -0.276. The van der Waals surface area contributed by atoms with E-state index >= 15 is 0 Å². The van der Waals surface area contributed by atoms with Gasteiger partial charge in [-0.2, -0.15) is 10.5 Å². The molecule has 102 valence electrons. The van der Waals surface area contributed by atoms with Crippen LogP contribution in [-0.4, -0.2) is 20.1 Å². The zero-order valence-electron chi connectivity index (χ0n) is 11.4. The molecule has 0 atom stereocenters. The topological polar surface area (TPSA) is 95.1 Å². The van der Waals surface area contributed by atoms with E-state index in [0.717, 1.165) is 0 Å². The van der Waals surface area contributed by atoms with Crippen molar-refractivity contribution in [3.63, 3.8) is 0 Å². The average molecular weight is 271 g/mol. The highest BCUT2D eigenvalue weighted by Crippen LogP contribution is 2.34. The van der Waals surface area contributed by atoms with E-state index in [2.05, 4.69) is 5.32 Å². The lowest BCUT2D eigenvalue weighted by Crippen LogP contribution is -2.08. The minimum Gasteiger partial charge on any atom is -0.493 e. The molecule has 1 aromatic rings. The number of ether oxygens (including phenoxy) is 2. The highest BCUT2D eigenvalue weighted by Gasteiger charge is 2.11. The largest absolute Gasteiger partial charge is 0.493 e. The van der Waals surface area contributed by atoms with E-state index in [9.17, 15) is 4.79 Å². The standard InChI is InChI=1S/C14H13N3O3/c1-9(18)17-12-6-14(20-3)13(19-2)5-11(12)4-10(7-15)8-16/h4-6H,1-3H3,(H,17,18). The van der Waals surface area contributed by atoms with E-state index in [1.165, 1.54) is 27.2 Å². The molecule has 0 aromatic heterocycles. The Hall–Kier alpha value is -2.99. The Morgan fingerprint density at radius 3 is 2.20 bits per heavy atom. The van der Waals surface area contributed by atoms with Gasteiger partial charge in [-0.3, -0.25) is 4.79 Å². The van der Waals surface area contributed by atoms with Gasteiger partial charge in [0.1, 0.15) is 17.7 Å². The lowest BCUT2D eigenvalue weighted by atomic mass is 10.1. The molecule has 1 aromatic carbocycles. The number of anilines is 1. The van der Waals surface area contributed by atoms with Crippen molar-refractivity contribution >= 4 is 17.7 Å². The lowest BCUT2D eigenvalue weighted by Gasteiger charge is -2.13. The molecule has 20 heavy (non-hydrogen) atoms. The van der Waals surface area contributed by atoms with Crippen molar-refractivity contribution in [3.8, 4) is 23.6 Å². The first-order valence-electron chi connectivity index (χ1n) is 5.61. The van der Waals surface area contributed by atoms with Crippen molar-refractivity contribution in [3.05, 3.63) is 23.3 Å². The fraction of sp³-hybridized carbons (Fsp3) is 0.214. The number of nitriles is 2. The molecule has 6 heteroatoms. The molecule has 0 aliphatic rings. The monoisotopic (exact) mass is 271 g/mol. The molecule has 0 aliphatic carbocycles. The van der Waals surface area contributed by atoms with E-state index in [1.807, 2.05) is 0 Å². The molecule has 0 saturated heterocycles. The van der Waals surface area contributed by atoms with Gasteiger partial charge >= 0.3 is 0 Å². The normalized spacial score (nSPS) is 8.85. The van der Waals surface area contributed by atoms with Gasteiger partial charge in [0.15, 0.2) is 11.5 Å². The number of hydrogen-bond acceptors (Lipinski definition) is 5. The Labute approximate surface area is 116 Å². The van der Waals surface area contributed by atoms with E-state index in [0.29, 0.717) is 22.7 Å². The van der Waals surface area contributed by atoms with Crippen LogP contribution in [0.5, 0.6) is 11.5 Å². The number of nitrogens with one attached hydrogen (secondary N) is 1. The van der Waals surface area contributed by atoms with Crippen LogP contribution >= 0.6 is 0 Å². The smallest absolute Gasteiger partial charge is 0.221 e. The van der Waals surface area contributed by atoms with Gasteiger partial charge in [0.25, 0.3) is 0 Å². The first-order chi connectivity index (χ1) is 9.55. The predicted octanol–water partition coefficient (Wildman–Crippen LogP) is 2.09. The Balaban J connectivity index is 3.47. The third-order valence-electron chi connectivity index (χ3n) is 2.41. The van der Waals surface area contributed by atoms with Crippen LogP contribution in [0.4, 0.5) is 5.69 Å². The van der Waals surface area contributed by atoms with Crippen LogP contribution in [-0.2, 0) is 4.79 Å². The summed E-state index contributed by atoms with van der Waals surface area (Å²) < 4.78 is 10.3. The fourth-order valence-corrected chi connectivity index (χ4v) is 1.56. The number of benzene rings is 1. The summed E-state index contributed by atoms with van der Waals surface area (Å²) in [7, 11) is 2.94. The molecule has 0 radical (unpaired) electrons. The van der Waals surface area contributed by atoms with Gasteiger partial charge < -0.3 is 14.8 Å². The second kappa shape index (κ2) is 6.81. The zero-order valence-corrected chi connectivity index (χ0v) is 11.4. The van der Waals surface area contributed by atoms with E-state index in [-0.39, 0.29) is 11.5 Å². The van der Waals surface area contributed by atoms with Crippen molar-refractivity contribution in [1.29, 1.82) is 10.5 Å². The van der Waals surface area contributed by atoms with Gasteiger partial charge in [0, 0.05) is 18.6 Å². The minimum absolute atomic E-state index is 0.0798. The summed E-state index contributed by atoms with van der Waals surface area (Å²) in [5.74, 6) is 0.592. The predicted molar refractivity (Wildman–Crippen MR) is 73.1 cm³/mol. The SMILES string of the molecule is COc1cc(C=C(C#N)C#N)c(NC(C)=O)cc1OC. The number of carbonyl (C=O) groups is 1. The van der Waals surface area contributed by atoms with E-state index in [4.69, 9.17) is 20.0 Å². The summed E-state index contributed by atoms with van der Waals surface area (Å²) in [4.78, 5) is 11.2. The quantitative estimate of drug-likeness (QED) is 0.846. The second-order valence-electron chi connectivity index (χ2n) is 3.76. The number of amides is 1. The third-order valence-corrected chi connectivity index (χ3v) is 2.41. The highest BCUT2D eigenvalue weighted by atomic mass is 16.5. The second-order valence-corrected chi connectivity index (χ2v) is 3.76. The third kappa shape index (κ3) is 3.50. The molecule has 0 saturated carbocycles. The molecular formula is C14H13N3O3. The number of carbonyl (C=O) groups excluding carboxylic acids is 1. The molecule has 1 N–H and O–H groups in total. The van der Waals surface area contributed by atoms with E-state index in [1.54, 1.807) is 24.3 Å². The Morgan fingerprint density at radius 1 is 1.20 bits per heavy atom. The van der Waals surface area contributed by atoms with Crippen molar-refractivity contribution in [2.75, 3.05) is 19.5 Å². The maximum atomic E-state index is 11.2. The number of methoxy groups -OCH3 is 2. The van der Waals surface area contributed by atoms with Gasteiger partial charge in [-0.05, 0) is 12.1 Å². The maximum absolute atomic E-state index is 11.2. The van der Waals surface area contributed by atoms with Gasteiger partial charge in [-0.25, -0.2) is 0 Å². The summed E-state index contributed by atoms with van der Waals surface area (Å²) >= 11 is 0. The van der Waals surface area contributed by atoms with Gasteiger partial charge in [0.05, 0.1) is 19.9 Å². The van der Waals surface area contributed by atoms with Crippen molar-refractivity contribution in [2.45, 2.75) is 6.92 Å². The molecule has 1 rings (SSSR count). The van der Waals surface area contributed by atoms with Gasteiger partial charge in [-0.15, -0.1) is 0 Å². The number of hydrogen-bond donors (Lipinski definition) is 1. The Kier molecular flexibility index (Phi) is 5.13. The van der Waals surface area contributed by atoms with Crippen LogP contribution in [0.15, 0.2) is 17.7 Å². The summed E-state index contributed by atoms with van der Waals surface area (Å²) in [6.07, 6.45) is 1.37. The lowest BCUT2D eigenvalue weighted by molar-refractivity contribution is -0.114. The first-order valence-corrected chi connectivity index (χ1v) is 5.61. The number of rotatable bonds is 4. The Bertz CT molecular complexity index is 620. The van der Waals surface area contributed by atoms with Crippen LogP contribution in [0.1, 0.15) is 12.5 Å². The summed E-state index contributed by atoms with van der Waals surface area (Å²) in [6.45, 7) is 1.36. The maximum Gasteiger partial charge on any atom is 0.221 e. The molecule has 0 bridgehead atoms. The van der Waals surface area contributed by atoms with Crippen LogP contribution < -0.4 is 14.8 Å². The summed E-state index contributed by atoms with van der Waals surface area (Å²) in [5.41, 5.74) is 0.831. The van der Waals surface area contributed by atoms with Crippen molar-refractivity contribution in [2.24, 2.45) is 0 Å². The molecule has 0 aliphatic heterocycles. The average Bonchev–Trinajstić information content (AvgIpc) is 2.44. The molecule has 0 heterocycles. The van der Waals surface area contributed by atoms with E-state index < -0.39 is 0 Å². The van der Waals surface area contributed by atoms with Crippen molar-refractivity contribution < 1.29 is 14.3 Å². The zero-order chi connectivity index (χ0) is 15.1. The van der Waals surface area contributed by atoms with Crippen LogP contribution in [0.2, 0.25) is 0 Å². The van der Waals surface area contributed by atoms with Gasteiger partial charge in [-0.1, -0.05) is 0 Å². The Morgan fingerprint density at radius 2 is 1.75 bits per heavy atom. The number of allylic oxidation sites excluding steroid dienone is 1. The molecule has 1 amide bonds. The molecule has 0 fully saturated rings. The molecule has 0 spiro atoms. The number of nitrogens with zero attached hydrogens (tertiary/aromatic N) is 2. The molecular weight excluding hydrogens is 258 g/mol. The highest BCUT2D eigenvalue weighted by molar-refractivity contribution is 5.92. The first kappa shape index (κ1) is 15.1. The van der Waals surface area contributed by atoms with Crippen LogP contribution in [0, 0.1) is 22.7 Å². The fourth-order valence-electron chi connectivity index (χ4n) is 1.56. The van der Waals surface area contributed by atoms with Gasteiger partial charge in [0.2, 0.25) is 5.91 Å². The summed E-state index contributed by atoms with van der Waals surface area (Å²) in [6, 6.07) is 6.67. The van der Waals surface area contributed by atoms with Crippen LogP contribution in [0.3, 0.4) is 0 Å².